The van der Waals surface area contributed by atoms with Crippen molar-refractivity contribution in [2.75, 3.05) is 0 Å². The molecule has 0 saturated heterocycles. The Morgan fingerprint density at radius 1 is 1.18 bits per heavy atom. The first-order valence-electron chi connectivity index (χ1n) is 9.21. The third kappa shape index (κ3) is 5.40. The highest BCUT2D eigenvalue weighted by atomic mass is 31.1. The van der Waals surface area contributed by atoms with E-state index in [0.717, 1.165) is 22.3 Å². The molecule has 0 aromatic heterocycles. The van der Waals surface area contributed by atoms with Crippen LogP contribution in [0.25, 0.3) is 0 Å². The number of aliphatic hydroxyl groups is 1. The summed E-state index contributed by atoms with van der Waals surface area (Å²) >= 11 is 0. The average Bonchev–Trinajstić information content (AvgIpc) is 2.59. The first-order valence-corrected chi connectivity index (χ1v) is 10.0. The molecule has 0 saturated carbocycles. The summed E-state index contributed by atoms with van der Waals surface area (Å²) in [4.78, 5) is 11.9. The van der Waals surface area contributed by atoms with Crippen LogP contribution in [0, 0.1) is 13.8 Å². The van der Waals surface area contributed by atoms with Crippen molar-refractivity contribution in [3.63, 3.8) is 0 Å². The number of hydrogen-bond acceptors (Lipinski definition) is 5. The van der Waals surface area contributed by atoms with Crippen molar-refractivity contribution in [3.8, 4) is 5.75 Å². The summed E-state index contributed by atoms with van der Waals surface area (Å²) < 4.78 is 16.4. The van der Waals surface area contributed by atoms with Gasteiger partial charge in [-0.1, -0.05) is 24.3 Å². The third-order valence-electron chi connectivity index (χ3n) is 4.65. The Morgan fingerprint density at radius 2 is 1.79 bits per heavy atom. The Hall–Kier alpha value is -2.23. The summed E-state index contributed by atoms with van der Waals surface area (Å²) in [6.07, 6.45) is 0.425. The molecule has 0 aliphatic heterocycles. The number of esters is 1. The van der Waals surface area contributed by atoms with Crippen molar-refractivity contribution >= 4 is 14.4 Å². The maximum Gasteiger partial charge on any atom is 0.310 e. The molecule has 5 nitrogen and oxygen atoms in total. The van der Waals surface area contributed by atoms with E-state index in [1.54, 1.807) is 19.9 Å². The maximum absolute atomic E-state index is 11.9. The van der Waals surface area contributed by atoms with Crippen LogP contribution in [-0.4, -0.2) is 22.3 Å². The number of carbonyl (C=O) groups excluding carboxylic acids is 1. The molecule has 0 fully saturated rings. The van der Waals surface area contributed by atoms with Crippen LogP contribution in [-0.2, 0) is 32.3 Å². The van der Waals surface area contributed by atoms with Gasteiger partial charge in [-0.2, -0.15) is 0 Å². The molecule has 2 aromatic carbocycles. The Bertz CT molecular complexity index is 863. The van der Waals surface area contributed by atoms with Crippen molar-refractivity contribution in [2.24, 2.45) is 0 Å². The van der Waals surface area contributed by atoms with E-state index in [-0.39, 0.29) is 32.7 Å². The van der Waals surface area contributed by atoms with E-state index in [1.807, 2.05) is 38.1 Å². The Morgan fingerprint density at radius 3 is 2.32 bits per heavy atom. The van der Waals surface area contributed by atoms with Crippen molar-refractivity contribution < 1.29 is 24.3 Å². The molecule has 0 bridgehead atoms. The summed E-state index contributed by atoms with van der Waals surface area (Å²) in [5.74, 6) is -0.308. The van der Waals surface area contributed by atoms with Gasteiger partial charge >= 0.3 is 5.97 Å². The van der Waals surface area contributed by atoms with Gasteiger partial charge in [-0.3, -0.25) is 9.36 Å². The third-order valence-corrected chi connectivity index (χ3v) is 5.26. The van der Waals surface area contributed by atoms with Gasteiger partial charge in [0.05, 0.1) is 12.5 Å². The second kappa shape index (κ2) is 8.85. The van der Waals surface area contributed by atoms with E-state index in [0.29, 0.717) is 17.5 Å². The predicted octanol–water partition coefficient (Wildman–Crippen LogP) is 4.55. The van der Waals surface area contributed by atoms with E-state index in [9.17, 15) is 19.6 Å². The fraction of sp³-hybridized carbons (Fsp3) is 0.409. The normalized spacial score (nSPS) is 13.5. The number of aryl methyl sites for hydroxylation is 2. The van der Waals surface area contributed by atoms with Crippen LogP contribution < -0.4 is 0 Å². The van der Waals surface area contributed by atoms with Gasteiger partial charge in [-0.05, 0) is 74.9 Å². The van der Waals surface area contributed by atoms with Crippen molar-refractivity contribution in [1.82, 2.24) is 0 Å². The number of benzene rings is 2. The topological polar surface area (TPSA) is 83.8 Å². The lowest BCUT2D eigenvalue weighted by molar-refractivity contribution is -0.146. The smallest absolute Gasteiger partial charge is 0.310 e. The molecule has 0 spiro atoms. The fourth-order valence-electron chi connectivity index (χ4n) is 3.15. The molecule has 2 aromatic rings. The number of hydrogen-bond donors (Lipinski definition) is 2. The first kappa shape index (κ1) is 22.1. The fourth-order valence-corrected chi connectivity index (χ4v) is 3.39. The number of aromatic hydroxyl groups is 1. The van der Waals surface area contributed by atoms with Gasteiger partial charge in [0.25, 0.3) is 0 Å². The molecule has 0 aliphatic carbocycles. The van der Waals surface area contributed by atoms with E-state index in [2.05, 4.69) is 0 Å². The second-order valence-electron chi connectivity index (χ2n) is 7.56. The molecular formula is C22H27O5P. The summed E-state index contributed by atoms with van der Waals surface area (Å²) in [7, 11) is -0.347. The molecule has 28 heavy (non-hydrogen) atoms. The zero-order valence-corrected chi connectivity index (χ0v) is 17.8. The minimum Gasteiger partial charge on any atom is -0.508 e. The largest absolute Gasteiger partial charge is 0.508 e. The van der Waals surface area contributed by atoms with Gasteiger partial charge in [0.1, 0.15) is 5.75 Å². The number of carbonyl (C=O) groups is 1. The van der Waals surface area contributed by atoms with Gasteiger partial charge in [0.2, 0.25) is 0 Å². The first-order chi connectivity index (χ1) is 13.0. The average molecular weight is 402 g/mol. The zero-order valence-electron chi connectivity index (χ0n) is 16.9. The maximum atomic E-state index is 11.9. The minimum absolute atomic E-state index is 0.0141. The molecule has 150 valence electrons. The lowest BCUT2D eigenvalue weighted by atomic mass is 9.92. The summed E-state index contributed by atoms with van der Waals surface area (Å²) in [6, 6.07) is 8.92. The quantitative estimate of drug-likeness (QED) is 0.524. The standard InChI is InChI=1S/C22H27O5P/c1-13(2)27-21(24)12-17-10-16(6-7-20(17)23)11-19-14(3)8-18(9-15(19)4)22(5,25)28-26/h6-10,13,23,25H,11-12H2,1-5H3. The van der Waals surface area contributed by atoms with Gasteiger partial charge in [-0.15, -0.1) is 0 Å². The molecule has 0 aliphatic rings. The van der Waals surface area contributed by atoms with Crippen molar-refractivity contribution in [3.05, 3.63) is 63.7 Å². The monoisotopic (exact) mass is 402 g/mol. The molecule has 0 amide bonds. The predicted molar refractivity (Wildman–Crippen MR) is 109 cm³/mol. The van der Waals surface area contributed by atoms with Gasteiger partial charge in [0.15, 0.2) is 13.8 Å². The summed E-state index contributed by atoms with van der Waals surface area (Å²) in [5.41, 5.74) is 5.13. The van der Waals surface area contributed by atoms with Crippen LogP contribution in [0.5, 0.6) is 5.75 Å². The Balaban J connectivity index is 2.30. The Labute approximate surface area is 167 Å². The lowest BCUT2D eigenvalue weighted by Gasteiger charge is -2.19. The number of phenolic OH excluding ortho intramolecular Hbond substituents is 1. The van der Waals surface area contributed by atoms with E-state index < -0.39 is 5.34 Å². The van der Waals surface area contributed by atoms with Crippen LogP contribution in [0.4, 0.5) is 0 Å². The zero-order chi connectivity index (χ0) is 21.1. The second-order valence-corrected chi connectivity index (χ2v) is 8.61. The Kier molecular flexibility index (Phi) is 6.97. The van der Waals surface area contributed by atoms with Crippen molar-refractivity contribution in [1.29, 1.82) is 0 Å². The van der Waals surface area contributed by atoms with Gasteiger partial charge < -0.3 is 14.9 Å². The van der Waals surface area contributed by atoms with E-state index in [1.165, 1.54) is 6.92 Å². The molecule has 0 radical (unpaired) electrons. The van der Waals surface area contributed by atoms with Crippen LogP contribution in [0.3, 0.4) is 0 Å². The van der Waals surface area contributed by atoms with Crippen molar-refractivity contribution in [2.45, 2.75) is 58.9 Å². The van der Waals surface area contributed by atoms with Gasteiger partial charge in [0, 0.05) is 5.56 Å². The van der Waals surface area contributed by atoms with Crippen LogP contribution >= 0.6 is 8.46 Å². The van der Waals surface area contributed by atoms with E-state index >= 15 is 0 Å². The lowest BCUT2D eigenvalue weighted by Crippen LogP contribution is -2.14. The molecule has 1 atom stereocenters. The molecule has 2 rings (SSSR count). The van der Waals surface area contributed by atoms with Gasteiger partial charge in [-0.25, -0.2) is 0 Å². The number of ether oxygens (including phenoxy) is 1. The highest BCUT2D eigenvalue weighted by Gasteiger charge is 2.25. The van der Waals surface area contributed by atoms with Crippen LogP contribution in [0.2, 0.25) is 0 Å². The number of phenols is 1. The molecule has 1 unspecified atom stereocenters. The van der Waals surface area contributed by atoms with E-state index in [4.69, 9.17) is 4.74 Å². The summed E-state index contributed by atoms with van der Waals surface area (Å²) in [5, 5.41) is 18.9. The highest BCUT2D eigenvalue weighted by Crippen LogP contribution is 2.34. The molecular weight excluding hydrogens is 375 g/mol. The molecule has 6 heteroatoms. The van der Waals surface area contributed by atoms with Crippen LogP contribution in [0.15, 0.2) is 30.3 Å². The number of rotatable bonds is 7. The molecule has 2 N–H and O–H groups in total. The minimum atomic E-state index is -1.42. The van der Waals surface area contributed by atoms with Crippen LogP contribution in [0.1, 0.15) is 54.2 Å². The summed E-state index contributed by atoms with van der Waals surface area (Å²) in [6.45, 7) is 8.98. The highest BCUT2D eigenvalue weighted by molar-refractivity contribution is 7.25. The molecule has 0 heterocycles. The SMILES string of the molecule is Cc1cc(C(C)(O)P=O)cc(C)c1Cc1ccc(O)c(CC(=O)OC(C)C)c1.